The van der Waals surface area contributed by atoms with Crippen molar-refractivity contribution in [3.8, 4) is 0 Å². The Labute approximate surface area is 102 Å². The van der Waals surface area contributed by atoms with Gasteiger partial charge in [0.1, 0.15) is 6.04 Å². The van der Waals surface area contributed by atoms with Gasteiger partial charge in [-0.25, -0.2) is 8.42 Å². The normalized spacial score (nSPS) is 22.2. The van der Waals surface area contributed by atoms with Crippen LogP contribution in [0.25, 0.3) is 0 Å². The third-order valence-corrected chi connectivity index (χ3v) is 4.47. The second-order valence-electron chi connectivity index (χ2n) is 4.34. The lowest BCUT2D eigenvalue weighted by atomic mass is 10.2. The summed E-state index contributed by atoms with van der Waals surface area (Å²) in [5.74, 6) is -1.23. The fourth-order valence-corrected chi connectivity index (χ4v) is 3.36. The number of hydrogen-bond acceptors (Lipinski definition) is 4. The average molecular weight is 265 g/mol. The van der Waals surface area contributed by atoms with E-state index < -0.39 is 22.0 Å². The van der Waals surface area contributed by atoms with Crippen molar-refractivity contribution >= 4 is 16.0 Å². The van der Waals surface area contributed by atoms with Gasteiger partial charge in [0.25, 0.3) is 0 Å². The summed E-state index contributed by atoms with van der Waals surface area (Å²) in [4.78, 5) is 10.9. The molecule has 7 heteroatoms. The molecule has 0 bridgehead atoms. The van der Waals surface area contributed by atoms with Crippen LogP contribution in [0.1, 0.15) is 26.7 Å². The van der Waals surface area contributed by atoms with Crippen molar-refractivity contribution in [2.45, 2.75) is 38.8 Å². The predicted molar refractivity (Wildman–Crippen MR) is 62.2 cm³/mol. The number of rotatable bonds is 6. The number of carboxylic acid groups (broad SMARTS) is 1. The Hall–Kier alpha value is -0.660. The van der Waals surface area contributed by atoms with Crippen molar-refractivity contribution < 1.29 is 23.1 Å². The van der Waals surface area contributed by atoms with E-state index in [1.807, 2.05) is 13.8 Å². The van der Waals surface area contributed by atoms with Gasteiger partial charge in [-0.05, 0) is 26.7 Å². The minimum atomic E-state index is -3.52. The average Bonchev–Trinajstić information content (AvgIpc) is 2.65. The number of sulfonamides is 1. The second-order valence-corrected chi connectivity index (χ2v) is 6.38. The molecule has 0 amide bonds. The Morgan fingerprint density at radius 1 is 1.53 bits per heavy atom. The van der Waals surface area contributed by atoms with E-state index in [9.17, 15) is 13.2 Å². The van der Waals surface area contributed by atoms with Gasteiger partial charge >= 0.3 is 5.97 Å². The molecule has 17 heavy (non-hydrogen) atoms. The van der Waals surface area contributed by atoms with E-state index in [2.05, 4.69) is 0 Å². The summed E-state index contributed by atoms with van der Waals surface area (Å²) < 4.78 is 30.1. The van der Waals surface area contributed by atoms with Crippen LogP contribution in [0.4, 0.5) is 0 Å². The van der Waals surface area contributed by atoms with Crippen LogP contribution in [0.15, 0.2) is 0 Å². The molecule has 0 spiro atoms. The van der Waals surface area contributed by atoms with Gasteiger partial charge in [-0.1, -0.05) is 0 Å². The highest BCUT2D eigenvalue weighted by Gasteiger charge is 2.38. The number of carbonyl (C=O) groups is 1. The van der Waals surface area contributed by atoms with Gasteiger partial charge in [0.05, 0.1) is 18.5 Å². The lowest BCUT2D eigenvalue weighted by molar-refractivity contribution is -0.140. The van der Waals surface area contributed by atoms with Gasteiger partial charge in [0, 0.05) is 6.54 Å². The quantitative estimate of drug-likeness (QED) is 0.746. The van der Waals surface area contributed by atoms with E-state index in [-0.39, 0.29) is 18.5 Å². The molecular formula is C10H19NO5S. The maximum absolute atomic E-state index is 11.9. The Bertz CT molecular complexity index is 365. The Morgan fingerprint density at radius 2 is 2.18 bits per heavy atom. The Morgan fingerprint density at radius 3 is 2.71 bits per heavy atom. The van der Waals surface area contributed by atoms with Crippen LogP contribution in [0.2, 0.25) is 0 Å². The maximum Gasteiger partial charge on any atom is 0.322 e. The number of aliphatic carboxylic acids is 1. The van der Waals surface area contributed by atoms with Gasteiger partial charge in [-0.15, -0.1) is 0 Å². The zero-order chi connectivity index (χ0) is 13.1. The van der Waals surface area contributed by atoms with Gasteiger partial charge < -0.3 is 9.84 Å². The van der Waals surface area contributed by atoms with E-state index in [4.69, 9.17) is 9.84 Å². The lowest BCUT2D eigenvalue weighted by Gasteiger charge is -2.21. The SMILES string of the molecule is CC(C)OCCS(=O)(=O)N1CCCC1C(=O)O. The molecule has 1 atom stereocenters. The zero-order valence-corrected chi connectivity index (χ0v) is 10.9. The minimum Gasteiger partial charge on any atom is -0.480 e. The Balaban J connectivity index is 2.60. The first-order valence-electron chi connectivity index (χ1n) is 5.68. The van der Waals surface area contributed by atoms with Crippen LogP contribution in [0.3, 0.4) is 0 Å². The molecule has 0 aromatic carbocycles. The van der Waals surface area contributed by atoms with Crippen LogP contribution in [0, 0.1) is 0 Å². The summed E-state index contributed by atoms with van der Waals surface area (Å²) in [6, 6.07) is -0.904. The van der Waals surface area contributed by atoms with Crippen molar-refractivity contribution in [2.75, 3.05) is 18.9 Å². The van der Waals surface area contributed by atoms with E-state index in [1.54, 1.807) is 0 Å². The van der Waals surface area contributed by atoms with E-state index in [1.165, 1.54) is 0 Å². The summed E-state index contributed by atoms with van der Waals surface area (Å²) in [6.07, 6.45) is 0.958. The second kappa shape index (κ2) is 5.79. The fourth-order valence-electron chi connectivity index (χ4n) is 1.83. The predicted octanol–water partition coefficient (Wildman–Crippen LogP) is 0.290. The van der Waals surface area contributed by atoms with Crippen LogP contribution < -0.4 is 0 Å². The highest BCUT2D eigenvalue weighted by atomic mass is 32.2. The fraction of sp³-hybridized carbons (Fsp3) is 0.900. The topological polar surface area (TPSA) is 83.9 Å². The molecule has 0 aromatic rings. The molecule has 0 saturated carbocycles. The van der Waals surface area contributed by atoms with Gasteiger partial charge in [0.15, 0.2) is 0 Å². The first-order valence-corrected chi connectivity index (χ1v) is 7.29. The third kappa shape index (κ3) is 3.93. The van der Waals surface area contributed by atoms with Crippen LogP contribution in [0.5, 0.6) is 0 Å². The van der Waals surface area contributed by atoms with Gasteiger partial charge in [-0.3, -0.25) is 4.79 Å². The maximum atomic E-state index is 11.9. The molecule has 1 saturated heterocycles. The van der Waals surface area contributed by atoms with Crippen molar-refractivity contribution in [3.05, 3.63) is 0 Å². The Kier molecular flexibility index (Phi) is 4.91. The van der Waals surface area contributed by atoms with Crippen molar-refractivity contribution in [1.29, 1.82) is 0 Å². The highest BCUT2D eigenvalue weighted by Crippen LogP contribution is 2.21. The van der Waals surface area contributed by atoms with Crippen molar-refractivity contribution in [2.24, 2.45) is 0 Å². The summed E-state index contributed by atoms with van der Waals surface area (Å²) in [5.41, 5.74) is 0. The molecule has 0 aliphatic carbocycles. The van der Waals surface area contributed by atoms with Crippen LogP contribution >= 0.6 is 0 Å². The van der Waals surface area contributed by atoms with Gasteiger partial charge in [-0.2, -0.15) is 4.31 Å². The summed E-state index contributed by atoms with van der Waals surface area (Å²) in [7, 11) is -3.52. The van der Waals surface area contributed by atoms with E-state index in [0.29, 0.717) is 19.4 Å². The van der Waals surface area contributed by atoms with E-state index in [0.717, 1.165) is 4.31 Å². The molecule has 0 aromatic heterocycles. The number of carboxylic acids is 1. The number of ether oxygens (including phenoxy) is 1. The molecule has 1 N–H and O–H groups in total. The molecule has 100 valence electrons. The number of nitrogens with zero attached hydrogens (tertiary/aromatic N) is 1. The van der Waals surface area contributed by atoms with E-state index >= 15 is 0 Å². The molecule has 1 aliphatic heterocycles. The largest absolute Gasteiger partial charge is 0.480 e. The molecule has 1 aliphatic rings. The summed E-state index contributed by atoms with van der Waals surface area (Å²) >= 11 is 0. The molecular weight excluding hydrogens is 246 g/mol. The van der Waals surface area contributed by atoms with Crippen LogP contribution in [-0.4, -0.2) is 54.8 Å². The zero-order valence-electron chi connectivity index (χ0n) is 10.1. The van der Waals surface area contributed by atoms with Gasteiger partial charge in [0.2, 0.25) is 10.0 Å². The third-order valence-electron chi connectivity index (χ3n) is 2.64. The monoisotopic (exact) mass is 265 g/mol. The molecule has 1 rings (SSSR count). The molecule has 0 radical (unpaired) electrons. The van der Waals surface area contributed by atoms with Crippen molar-refractivity contribution in [1.82, 2.24) is 4.31 Å². The van der Waals surface area contributed by atoms with Crippen molar-refractivity contribution in [3.63, 3.8) is 0 Å². The standard InChI is InChI=1S/C10H19NO5S/c1-8(2)16-6-7-17(14,15)11-5-3-4-9(11)10(12)13/h8-9H,3-7H2,1-2H3,(H,12,13). The molecule has 1 fully saturated rings. The molecule has 6 nitrogen and oxygen atoms in total. The molecule has 1 heterocycles. The lowest BCUT2D eigenvalue weighted by Crippen LogP contribution is -2.42. The first kappa shape index (κ1) is 14.4. The summed E-state index contributed by atoms with van der Waals surface area (Å²) in [6.45, 7) is 4.04. The first-order chi connectivity index (χ1) is 7.84. The van der Waals surface area contributed by atoms with Crippen LogP contribution in [-0.2, 0) is 19.6 Å². The molecule has 1 unspecified atom stereocenters. The number of hydrogen-bond donors (Lipinski definition) is 1. The summed E-state index contributed by atoms with van der Waals surface area (Å²) in [5, 5.41) is 8.92. The minimum absolute atomic E-state index is 0.0287. The smallest absolute Gasteiger partial charge is 0.322 e. The highest BCUT2D eigenvalue weighted by molar-refractivity contribution is 7.89.